The van der Waals surface area contributed by atoms with Gasteiger partial charge in [-0.05, 0) is 32.4 Å². The number of rotatable bonds is 15. The van der Waals surface area contributed by atoms with Crippen molar-refractivity contribution >= 4 is 5.97 Å². The van der Waals surface area contributed by atoms with E-state index in [0.29, 0.717) is 6.42 Å². The Morgan fingerprint density at radius 3 is 1.79 bits per heavy atom. The number of hydrogen-bond donors (Lipinski definition) is 2. The molecule has 0 fully saturated rings. The van der Waals surface area contributed by atoms with Crippen LogP contribution in [0.5, 0.6) is 0 Å². The number of carboxylic acids is 1. The maximum absolute atomic E-state index is 10.3. The summed E-state index contributed by atoms with van der Waals surface area (Å²) < 4.78 is 0. The number of carboxylic acid groups (broad SMARTS) is 1. The van der Waals surface area contributed by atoms with Crippen LogP contribution in [0.15, 0.2) is 0 Å². The molecule has 0 unspecified atom stereocenters. The highest BCUT2D eigenvalue weighted by Crippen LogP contribution is 2.08. The van der Waals surface area contributed by atoms with Crippen molar-refractivity contribution in [2.24, 2.45) is 0 Å². The first-order valence-corrected chi connectivity index (χ1v) is 8.20. The minimum Gasteiger partial charge on any atom is -0.481 e. The lowest BCUT2D eigenvalue weighted by Gasteiger charge is -2.04. The predicted octanol–water partition coefficient (Wildman–Crippen LogP) is 4.36. The van der Waals surface area contributed by atoms with E-state index in [0.717, 1.165) is 19.4 Å². The van der Waals surface area contributed by atoms with E-state index >= 15 is 0 Å². The maximum Gasteiger partial charge on any atom is 0.303 e. The Hall–Kier alpha value is -0.570. The summed E-state index contributed by atoms with van der Waals surface area (Å²) in [6.45, 7) is 4.58. The molecule has 0 radical (unpaired) electrons. The van der Waals surface area contributed by atoms with Crippen LogP contribution in [0.1, 0.15) is 84.0 Å². The van der Waals surface area contributed by atoms with E-state index in [2.05, 4.69) is 12.2 Å². The first kappa shape index (κ1) is 18.4. The largest absolute Gasteiger partial charge is 0.481 e. The quantitative estimate of drug-likeness (QED) is 0.435. The zero-order chi connectivity index (χ0) is 14.2. The molecule has 0 aromatic rings. The summed E-state index contributed by atoms with van der Waals surface area (Å²) in [4.78, 5) is 10.3. The van der Waals surface area contributed by atoms with Crippen LogP contribution in [-0.4, -0.2) is 24.2 Å². The molecule has 0 aromatic heterocycles. The first-order valence-electron chi connectivity index (χ1n) is 8.20. The van der Waals surface area contributed by atoms with Crippen molar-refractivity contribution in [1.29, 1.82) is 0 Å². The number of hydrogen-bond acceptors (Lipinski definition) is 2. The van der Waals surface area contributed by atoms with E-state index in [9.17, 15) is 4.79 Å². The number of nitrogens with one attached hydrogen (secondary N) is 1. The third kappa shape index (κ3) is 17.4. The average molecular weight is 271 g/mol. The van der Waals surface area contributed by atoms with Gasteiger partial charge in [0.15, 0.2) is 0 Å². The summed E-state index contributed by atoms with van der Waals surface area (Å²) >= 11 is 0. The third-order valence-corrected chi connectivity index (χ3v) is 3.45. The van der Waals surface area contributed by atoms with Gasteiger partial charge in [0.1, 0.15) is 0 Å². The van der Waals surface area contributed by atoms with Gasteiger partial charge in [0.05, 0.1) is 0 Å². The van der Waals surface area contributed by atoms with Crippen LogP contribution in [0.3, 0.4) is 0 Å². The topological polar surface area (TPSA) is 49.3 Å². The molecule has 0 aromatic carbocycles. The summed E-state index contributed by atoms with van der Waals surface area (Å²) in [5.41, 5.74) is 0. The third-order valence-electron chi connectivity index (χ3n) is 3.45. The molecule has 114 valence electrons. The van der Waals surface area contributed by atoms with Crippen LogP contribution in [-0.2, 0) is 4.79 Å². The first-order chi connectivity index (χ1) is 9.27. The molecule has 0 aliphatic carbocycles. The molecule has 19 heavy (non-hydrogen) atoms. The van der Waals surface area contributed by atoms with Crippen molar-refractivity contribution in [2.45, 2.75) is 84.0 Å². The highest BCUT2D eigenvalue weighted by molar-refractivity contribution is 5.66. The van der Waals surface area contributed by atoms with Gasteiger partial charge in [-0.25, -0.2) is 0 Å². The fourth-order valence-electron chi connectivity index (χ4n) is 2.21. The van der Waals surface area contributed by atoms with E-state index in [1.54, 1.807) is 0 Å². The summed E-state index contributed by atoms with van der Waals surface area (Å²) in [5.74, 6) is -0.662. The van der Waals surface area contributed by atoms with Crippen LogP contribution in [0.2, 0.25) is 0 Å². The molecule has 2 N–H and O–H groups in total. The Balaban J connectivity index is 2.93. The standard InChI is InChI=1S/C16H33NO2/c1-2-3-4-11-14-17-15-12-9-7-5-6-8-10-13-16(18)19/h17H,2-15H2,1H3,(H,18,19). The van der Waals surface area contributed by atoms with E-state index in [1.807, 2.05) is 0 Å². The van der Waals surface area contributed by atoms with E-state index in [4.69, 9.17) is 5.11 Å². The van der Waals surface area contributed by atoms with Gasteiger partial charge < -0.3 is 10.4 Å². The van der Waals surface area contributed by atoms with Crippen LogP contribution < -0.4 is 5.32 Å². The second-order valence-electron chi connectivity index (χ2n) is 5.43. The van der Waals surface area contributed by atoms with E-state index in [1.165, 1.54) is 64.3 Å². The molecule has 3 nitrogen and oxygen atoms in total. The van der Waals surface area contributed by atoms with E-state index < -0.39 is 5.97 Å². The Bertz CT molecular complexity index is 195. The van der Waals surface area contributed by atoms with Crippen molar-refractivity contribution in [2.75, 3.05) is 13.1 Å². The summed E-state index contributed by atoms with van der Waals surface area (Å²) in [6, 6.07) is 0. The minimum absolute atomic E-state index is 0.335. The van der Waals surface area contributed by atoms with Crippen LogP contribution in [0.4, 0.5) is 0 Å². The zero-order valence-electron chi connectivity index (χ0n) is 12.8. The van der Waals surface area contributed by atoms with Crippen molar-refractivity contribution < 1.29 is 9.90 Å². The number of unbranched alkanes of at least 4 members (excludes halogenated alkanes) is 9. The van der Waals surface area contributed by atoms with Crippen molar-refractivity contribution in [3.63, 3.8) is 0 Å². The average Bonchev–Trinajstić information content (AvgIpc) is 2.39. The van der Waals surface area contributed by atoms with Gasteiger partial charge in [-0.15, -0.1) is 0 Å². The lowest BCUT2D eigenvalue weighted by molar-refractivity contribution is -0.137. The fraction of sp³-hybridized carbons (Fsp3) is 0.938. The van der Waals surface area contributed by atoms with Crippen LogP contribution in [0, 0.1) is 0 Å². The molecule has 0 saturated carbocycles. The van der Waals surface area contributed by atoms with Crippen molar-refractivity contribution in [3.05, 3.63) is 0 Å². The molecule has 0 aliphatic rings. The normalized spacial score (nSPS) is 10.8. The Morgan fingerprint density at radius 2 is 1.26 bits per heavy atom. The van der Waals surface area contributed by atoms with Gasteiger partial charge in [0.25, 0.3) is 0 Å². The highest BCUT2D eigenvalue weighted by atomic mass is 16.4. The molecule has 0 rings (SSSR count). The molecule has 0 spiro atoms. The summed E-state index contributed by atoms with van der Waals surface area (Å²) in [5, 5.41) is 12.0. The van der Waals surface area contributed by atoms with Gasteiger partial charge in [-0.3, -0.25) is 4.79 Å². The van der Waals surface area contributed by atoms with Gasteiger partial charge in [0, 0.05) is 6.42 Å². The van der Waals surface area contributed by atoms with Crippen molar-refractivity contribution in [3.8, 4) is 0 Å². The highest BCUT2D eigenvalue weighted by Gasteiger charge is 1.96. The monoisotopic (exact) mass is 271 g/mol. The summed E-state index contributed by atoms with van der Waals surface area (Å²) in [7, 11) is 0. The van der Waals surface area contributed by atoms with Gasteiger partial charge in [-0.1, -0.05) is 58.3 Å². The second-order valence-corrected chi connectivity index (χ2v) is 5.43. The molecule has 3 heteroatoms. The van der Waals surface area contributed by atoms with Crippen molar-refractivity contribution in [1.82, 2.24) is 5.32 Å². The lowest BCUT2D eigenvalue weighted by atomic mass is 10.1. The predicted molar refractivity (Wildman–Crippen MR) is 81.6 cm³/mol. The number of aliphatic carboxylic acids is 1. The molecular formula is C16H33NO2. The lowest BCUT2D eigenvalue weighted by Crippen LogP contribution is -2.16. The fourth-order valence-corrected chi connectivity index (χ4v) is 2.21. The van der Waals surface area contributed by atoms with Gasteiger partial charge >= 0.3 is 5.97 Å². The van der Waals surface area contributed by atoms with Gasteiger partial charge in [-0.2, -0.15) is 0 Å². The Morgan fingerprint density at radius 1 is 0.789 bits per heavy atom. The Kier molecular flexibility index (Phi) is 15.0. The molecule has 0 bridgehead atoms. The number of carbonyl (C=O) groups is 1. The SMILES string of the molecule is CCCCCCNCCCCCCCCCC(=O)O. The molecule has 0 aliphatic heterocycles. The maximum atomic E-state index is 10.3. The molecule has 0 amide bonds. The van der Waals surface area contributed by atoms with Gasteiger partial charge in [0.2, 0.25) is 0 Å². The zero-order valence-corrected chi connectivity index (χ0v) is 12.8. The molecule has 0 atom stereocenters. The Labute approximate surface area is 119 Å². The second kappa shape index (κ2) is 15.5. The van der Waals surface area contributed by atoms with E-state index in [-0.39, 0.29) is 0 Å². The van der Waals surface area contributed by atoms with Crippen LogP contribution in [0.25, 0.3) is 0 Å². The molecule has 0 saturated heterocycles. The smallest absolute Gasteiger partial charge is 0.303 e. The summed E-state index contributed by atoms with van der Waals surface area (Å²) in [6.07, 6.45) is 13.9. The van der Waals surface area contributed by atoms with Crippen LogP contribution >= 0.6 is 0 Å². The molecular weight excluding hydrogens is 238 g/mol. The minimum atomic E-state index is -0.662. The molecule has 0 heterocycles.